The van der Waals surface area contributed by atoms with E-state index in [-0.39, 0.29) is 10.7 Å². The Labute approximate surface area is 125 Å². The number of amides is 1. The van der Waals surface area contributed by atoms with E-state index in [1.807, 2.05) is 6.20 Å². The van der Waals surface area contributed by atoms with Crippen LogP contribution >= 0.6 is 22.9 Å². The molecule has 2 aromatic rings. The van der Waals surface area contributed by atoms with Gasteiger partial charge in [-0.25, -0.2) is 4.98 Å². The predicted octanol–water partition coefficient (Wildman–Crippen LogP) is 1.90. The van der Waals surface area contributed by atoms with Crippen molar-refractivity contribution in [2.24, 2.45) is 5.73 Å². The minimum Gasteiger partial charge on any atom is -0.367 e. The summed E-state index contributed by atoms with van der Waals surface area (Å²) in [5, 5.41) is 11.7. The van der Waals surface area contributed by atoms with E-state index in [1.54, 1.807) is 11.3 Å². The summed E-state index contributed by atoms with van der Waals surface area (Å²) in [5.41, 5.74) is 5.51. The fourth-order valence-corrected chi connectivity index (χ4v) is 2.61. The zero-order chi connectivity index (χ0) is 14.5. The quantitative estimate of drug-likeness (QED) is 0.849. The molecule has 6 nitrogen and oxygen atoms in total. The average molecular weight is 312 g/mol. The van der Waals surface area contributed by atoms with E-state index in [9.17, 15) is 4.79 Å². The van der Waals surface area contributed by atoms with Crippen LogP contribution in [-0.2, 0) is 12.8 Å². The molecule has 0 saturated carbocycles. The van der Waals surface area contributed by atoms with Gasteiger partial charge in [-0.2, -0.15) is 0 Å². The second kappa shape index (κ2) is 6.62. The van der Waals surface area contributed by atoms with Gasteiger partial charge in [-0.15, -0.1) is 21.5 Å². The lowest BCUT2D eigenvalue weighted by Crippen LogP contribution is -2.17. The van der Waals surface area contributed by atoms with Crippen molar-refractivity contribution < 1.29 is 4.79 Å². The van der Waals surface area contributed by atoms with Crippen molar-refractivity contribution in [3.63, 3.8) is 0 Å². The van der Waals surface area contributed by atoms with Crippen LogP contribution in [0.15, 0.2) is 12.3 Å². The molecule has 0 aromatic carbocycles. The number of carbonyl (C=O) groups is 1. The van der Waals surface area contributed by atoms with Crippen molar-refractivity contribution in [2.75, 3.05) is 11.9 Å². The summed E-state index contributed by atoms with van der Waals surface area (Å²) < 4.78 is 0. The third-order valence-electron chi connectivity index (χ3n) is 2.61. The molecule has 0 spiro atoms. The third kappa shape index (κ3) is 3.64. The van der Waals surface area contributed by atoms with Crippen molar-refractivity contribution in [3.8, 4) is 0 Å². The maximum absolute atomic E-state index is 11.3. The van der Waals surface area contributed by atoms with Crippen LogP contribution in [0.4, 0.5) is 5.82 Å². The van der Waals surface area contributed by atoms with Crippen LogP contribution in [0.5, 0.6) is 0 Å². The normalized spacial score (nSPS) is 10.5. The Bertz CT molecular complexity index is 616. The molecule has 0 radical (unpaired) electrons. The maximum Gasteiger partial charge on any atom is 0.252 e. The zero-order valence-corrected chi connectivity index (χ0v) is 12.5. The first-order valence-electron chi connectivity index (χ1n) is 6.10. The summed E-state index contributed by atoms with van der Waals surface area (Å²) in [5.74, 6) is -0.249. The Balaban J connectivity index is 1.98. The smallest absolute Gasteiger partial charge is 0.252 e. The first-order chi connectivity index (χ1) is 9.60. The van der Waals surface area contributed by atoms with Gasteiger partial charge in [0.25, 0.3) is 5.91 Å². The van der Waals surface area contributed by atoms with Crippen molar-refractivity contribution in [1.29, 1.82) is 0 Å². The molecular weight excluding hydrogens is 298 g/mol. The van der Waals surface area contributed by atoms with Gasteiger partial charge in [0.2, 0.25) is 0 Å². The largest absolute Gasteiger partial charge is 0.367 e. The van der Waals surface area contributed by atoms with Crippen LogP contribution in [0.1, 0.15) is 27.2 Å². The highest BCUT2D eigenvalue weighted by atomic mass is 35.5. The number of nitrogens with zero attached hydrogens (tertiary/aromatic N) is 3. The van der Waals surface area contributed by atoms with E-state index in [2.05, 4.69) is 27.4 Å². The summed E-state index contributed by atoms with van der Waals surface area (Å²) in [7, 11) is 0. The number of anilines is 1. The molecule has 8 heteroatoms. The van der Waals surface area contributed by atoms with Crippen LogP contribution in [0, 0.1) is 0 Å². The van der Waals surface area contributed by atoms with Gasteiger partial charge in [-0.05, 0) is 12.5 Å². The Morgan fingerprint density at radius 3 is 2.95 bits per heavy atom. The Hall–Kier alpha value is -1.73. The first kappa shape index (κ1) is 14.7. The van der Waals surface area contributed by atoms with Crippen LogP contribution in [0.25, 0.3) is 0 Å². The van der Waals surface area contributed by atoms with E-state index >= 15 is 0 Å². The molecule has 20 heavy (non-hydrogen) atoms. The first-order valence-corrected chi connectivity index (χ1v) is 7.30. The van der Waals surface area contributed by atoms with Crippen molar-refractivity contribution >= 4 is 34.7 Å². The molecule has 0 aliphatic heterocycles. The lowest BCUT2D eigenvalue weighted by Gasteiger charge is -2.07. The molecule has 1 amide bonds. The maximum atomic E-state index is 11.3. The molecule has 0 unspecified atom stereocenters. The number of thiazole rings is 1. The minimum absolute atomic E-state index is 0.136. The lowest BCUT2D eigenvalue weighted by atomic mass is 10.2. The molecule has 2 heterocycles. The van der Waals surface area contributed by atoms with Crippen LogP contribution in [0.3, 0.4) is 0 Å². The number of rotatable bonds is 6. The van der Waals surface area contributed by atoms with Gasteiger partial charge in [0.05, 0.1) is 10.6 Å². The highest BCUT2D eigenvalue weighted by Crippen LogP contribution is 2.16. The van der Waals surface area contributed by atoms with Gasteiger partial charge in [0.1, 0.15) is 0 Å². The Morgan fingerprint density at radius 1 is 1.50 bits per heavy atom. The van der Waals surface area contributed by atoms with E-state index in [4.69, 9.17) is 17.3 Å². The lowest BCUT2D eigenvalue weighted by molar-refractivity contribution is 0.100. The summed E-state index contributed by atoms with van der Waals surface area (Å²) >= 11 is 7.37. The Morgan fingerprint density at radius 2 is 2.30 bits per heavy atom. The second-order valence-electron chi connectivity index (χ2n) is 4.04. The molecule has 0 atom stereocenters. The number of aromatic nitrogens is 3. The summed E-state index contributed by atoms with van der Waals surface area (Å²) in [6.45, 7) is 2.69. The highest BCUT2D eigenvalue weighted by Gasteiger charge is 2.11. The number of carbonyl (C=O) groups excluding carboxylic acids is 1. The highest BCUT2D eigenvalue weighted by molar-refractivity contribution is 7.11. The minimum atomic E-state index is -0.591. The number of halogens is 1. The summed E-state index contributed by atoms with van der Waals surface area (Å²) in [4.78, 5) is 16.9. The predicted molar refractivity (Wildman–Crippen MR) is 79.2 cm³/mol. The van der Waals surface area contributed by atoms with E-state index in [0.717, 1.165) is 17.8 Å². The van der Waals surface area contributed by atoms with E-state index in [1.165, 1.54) is 10.9 Å². The molecule has 0 bridgehead atoms. The van der Waals surface area contributed by atoms with Gasteiger partial charge in [-0.1, -0.05) is 18.5 Å². The zero-order valence-electron chi connectivity index (χ0n) is 10.9. The van der Waals surface area contributed by atoms with Gasteiger partial charge in [0.15, 0.2) is 11.0 Å². The van der Waals surface area contributed by atoms with Crippen LogP contribution in [0.2, 0.25) is 5.15 Å². The number of hydrogen-bond acceptors (Lipinski definition) is 6. The van der Waals surface area contributed by atoms with Gasteiger partial charge in [0, 0.05) is 24.0 Å². The standard InChI is InChI=1S/C12H14ClN5OS/c1-2-7-6-16-10(20-7)3-4-15-12-8(11(14)19)5-9(13)17-18-12/h5-6H,2-4H2,1H3,(H2,14,19)(H,15,18). The van der Waals surface area contributed by atoms with Crippen LogP contribution in [-0.4, -0.2) is 27.6 Å². The summed E-state index contributed by atoms with van der Waals surface area (Å²) in [6, 6.07) is 1.40. The van der Waals surface area contributed by atoms with Crippen molar-refractivity contribution in [3.05, 3.63) is 32.9 Å². The molecule has 2 rings (SSSR count). The monoisotopic (exact) mass is 311 g/mol. The molecule has 106 valence electrons. The van der Waals surface area contributed by atoms with E-state index < -0.39 is 5.91 Å². The molecular formula is C12H14ClN5OS. The second-order valence-corrected chi connectivity index (χ2v) is 5.63. The third-order valence-corrected chi connectivity index (χ3v) is 4.00. The molecule has 0 aliphatic carbocycles. The molecule has 2 aromatic heterocycles. The average Bonchev–Trinajstić information content (AvgIpc) is 2.88. The van der Waals surface area contributed by atoms with Crippen LogP contribution < -0.4 is 11.1 Å². The van der Waals surface area contributed by atoms with Crippen molar-refractivity contribution in [2.45, 2.75) is 19.8 Å². The topological polar surface area (TPSA) is 93.8 Å². The number of aryl methyl sites for hydroxylation is 1. The molecule has 3 N–H and O–H groups in total. The van der Waals surface area contributed by atoms with Gasteiger partial charge < -0.3 is 11.1 Å². The number of primary amides is 1. The fourth-order valence-electron chi connectivity index (χ4n) is 1.60. The fraction of sp³-hybridized carbons (Fsp3) is 0.333. The van der Waals surface area contributed by atoms with E-state index in [0.29, 0.717) is 12.4 Å². The van der Waals surface area contributed by atoms with Crippen molar-refractivity contribution in [1.82, 2.24) is 15.2 Å². The van der Waals surface area contributed by atoms with Gasteiger partial charge >= 0.3 is 0 Å². The molecule has 0 saturated heterocycles. The number of nitrogens with two attached hydrogens (primary N) is 1. The Kier molecular flexibility index (Phi) is 4.86. The molecule has 0 aliphatic rings. The van der Waals surface area contributed by atoms with Gasteiger partial charge in [-0.3, -0.25) is 4.79 Å². The summed E-state index contributed by atoms with van der Waals surface area (Å²) in [6.07, 6.45) is 3.61. The SMILES string of the molecule is CCc1cnc(CCNc2nnc(Cl)cc2C(N)=O)s1. The molecule has 0 fully saturated rings. The number of hydrogen-bond donors (Lipinski definition) is 2. The number of nitrogens with one attached hydrogen (secondary N) is 1.